The first-order valence-corrected chi connectivity index (χ1v) is 3.85. The second-order valence-corrected chi connectivity index (χ2v) is 3.10. The fraction of sp³-hybridized carbons (Fsp3) is 0.875. The van der Waals surface area contributed by atoms with Crippen LogP contribution in [0.5, 0.6) is 0 Å². The van der Waals surface area contributed by atoms with Gasteiger partial charge in [0.25, 0.3) is 0 Å². The molecule has 0 aromatic carbocycles. The normalized spacial score (nSPS) is 13.8. The van der Waals surface area contributed by atoms with Crippen LogP contribution in [-0.4, -0.2) is 12.4 Å². The van der Waals surface area contributed by atoms with Crippen molar-refractivity contribution >= 4 is 5.84 Å². The lowest BCUT2D eigenvalue weighted by Gasteiger charge is -2.21. The van der Waals surface area contributed by atoms with Gasteiger partial charge in [0.1, 0.15) is 0 Å². The average molecular weight is 142 g/mol. The number of aliphatic imine (C=N–C) groups is 1. The Kier molecular flexibility index (Phi) is 3.40. The Labute approximate surface area is 63.5 Å². The SMILES string of the molecule is CC/N=C(/N)C(C)(C)CC. The van der Waals surface area contributed by atoms with Gasteiger partial charge >= 0.3 is 0 Å². The lowest BCUT2D eigenvalue weighted by molar-refractivity contribution is 0.496. The van der Waals surface area contributed by atoms with E-state index >= 15 is 0 Å². The number of amidine groups is 1. The number of nitrogens with zero attached hydrogens (tertiary/aromatic N) is 1. The molecular formula is C8H18N2. The molecule has 0 rings (SSSR count). The summed E-state index contributed by atoms with van der Waals surface area (Å²) in [4.78, 5) is 4.16. The molecule has 0 saturated heterocycles. The Bertz CT molecular complexity index is 125. The monoisotopic (exact) mass is 142 g/mol. The maximum Gasteiger partial charge on any atom is 0.0993 e. The van der Waals surface area contributed by atoms with Crippen LogP contribution in [0, 0.1) is 5.41 Å². The molecule has 2 nitrogen and oxygen atoms in total. The van der Waals surface area contributed by atoms with Crippen LogP contribution in [0.25, 0.3) is 0 Å². The molecule has 2 N–H and O–H groups in total. The highest BCUT2D eigenvalue weighted by Gasteiger charge is 2.18. The van der Waals surface area contributed by atoms with E-state index in [0.29, 0.717) is 0 Å². The number of rotatable bonds is 3. The molecule has 0 heterocycles. The highest BCUT2D eigenvalue weighted by molar-refractivity contribution is 5.85. The van der Waals surface area contributed by atoms with Gasteiger partial charge in [-0.15, -0.1) is 0 Å². The summed E-state index contributed by atoms with van der Waals surface area (Å²) in [5.74, 6) is 0.775. The maximum absolute atomic E-state index is 5.72. The largest absolute Gasteiger partial charge is 0.387 e. The summed E-state index contributed by atoms with van der Waals surface area (Å²) in [5, 5.41) is 0. The quantitative estimate of drug-likeness (QED) is 0.473. The predicted octanol–water partition coefficient (Wildman–Crippen LogP) is 1.80. The molecule has 0 aromatic rings. The Balaban J connectivity index is 4.17. The molecule has 2 heteroatoms. The van der Waals surface area contributed by atoms with Crippen molar-refractivity contribution in [2.75, 3.05) is 6.54 Å². The zero-order valence-electron chi connectivity index (χ0n) is 7.44. The van der Waals surface area contributed by atoms with Gasteiger partial charge in [0.2, 0.25) is 0 Å². The van der Waals surface area contributed by atoms with Gasteiger partial charge in [0.05, 0.1) is 5.84 Å². The van der Waals surface area contributed by atoms with E-state index in [9.17, 15) is 0 Å². The number of nitrogens with two attached hydrogens (primary N) is 1. The van der Waals surface area contributed by atoms with Crippen LogP contribution in [0.1, 0.15) is 34.1 Å². The van der Waals surface area contributed by atoms with Crippen molar-refractivity contribution in [2.24, 2.45) is 16.1 Å². The third-order valence-corrected chi connectivity index (χ3v) is 1.91. The molecule has 0 aliphatic heterocycles. The average Bonchev–Trinajstić information content (AvgIpc) is 1.89. The van der Waals surface area contributed by atoms with Gasteiger partial charge in [-0.1, -0.05) is 20.8 Å². The lowest BCUT2D eigenvalue weighted by atomic mass is 9.89. The second-order valence-electron chi connectivity index (χ2n) is 3.10. The summed E-state index contributed by atoms with van der Waals surface area (Å²) < 4.78 is 0. The number of hydrogen-bond acceptors (Lipinski definition) is 1. The van der Waals surface area contributed by atoms with Crippen LogP contribution >= 0.6 is 0 Å². The molecule has 60 valence electrons. The maximum atomic E-state index is 5.72. The Morgan fingerprint density at radius 3 is 2.20 bits per heavy atom. The van der Waals surface area contributed by atoms with Crippen LogP contribution < -0.4 is 5.73 Å². The van der Waals surface area contributed by atoms with E-state index in [-0.39, 0.29) is 5.41 Å². The Morgan fingerprint density at radius 1 is 1.40 bits per heavy atom. The molecule has 0 aliphatic rings. The van der Waals surface area contributed by atoms with Gasteiger partial charge < -0.3 is 5.73 Å². The summed E-state index contributed by atoms with van der Waals surface area (Å²) in [6, 6.07) is 0. The minimum Gasteiger partial charge on any atom is -0.387 e. The van der Waals surface area contributed by atoms with Crippen molar-refractivity contribution in [3.8, 4) is 0 Å². The van der Waals surface area contributed by atoms with Crippen molar-refractivity contribution in [3.05, 3.63) is 0 Å². The Morgan fingerprint density at radius 2 is 1.90 bits per heavy atom. The first-order chi connectivity index (χ1) is 4.54. The second kappa shape index (κ2) is 3.59. The van der Waals surface area contributed by atoms with E-state index in [1.54, 1.807) is 0 Å². The third-order valence-electron chi connectivity index (χ3n) is 1.91. The summed E-state index contributed by atoms with van der Waals surface area (Å²) in [7, 11) is 0. The van der Waals surface area contributed by atoms with Gasteiger partial charge in [-0.2, -0.15) is 0 Å². The molecule has 10 heavy (non-hydrogen) atoms. The molecule has 0 amide bonds. The minimum absolute atomic E-state index is 0.0794. The summed E-state index contributed by atoms with van der Waals surface area (Å²) in [6.07, 6.45) is 1.04. The number of hydrogen-bond donors (Lipinski definition) is 1. The smallest absolute Gasteiger partial charge is 0.0993 e. The van der Waals surface area contributed by atoms with Crippen molar-refractivity contribution in [2.45, 2.75) is 34.1 Å². The van der Waals surface area contributed by atoms with E-state index in [2.05, 4.69) is 25.8 Å². The molecule has 0 atom stereocenters. The summed E-state index contributed by atoms with van der Waals surface area (Å²) in [6.45, 7) is 9.13. The fourth-order valence-corrected chi connectivity index (χ4v) is 0.565. The van der Waals surface area contributed by atoms with Gasteiger partial charge in [0, 0.05) is 12.0 Å². The molecule has 0 aromatic heterocycles. The van der Waals surface area contributed by atoms with E-state index in [0.717, 1.165) is 18.8 Å². The Hall–Kier alpha value is -0.530. The third kappa shape index (κ3) is 2.38. The van der Waals surface area contributed by atoms with E-state index in [1.807, 2.05) is 6.92 Å². The predicted molar refractivity (Wildman–Crippen MR) is 46.2 cm³/mol. The lowest BCUT2D eigenvalue weighted by Crippen LogP contribution is -2.31. The molecule has 0 aliphatic carbocycles. The van der Waals surface area contributed by atoms with Crippen molar-refractivity contribution < 1.29 is 0 Å². The van der Waals surface area contributed by atoms with E-state index in [1.165, 1.54) is 0 Å². The standard InChI is InChI=1S/C8H18N2/c1-5-8(3,4)7(9)10-6-2/h5-6H2,1-4H3,(H2,9,10). The fourth-order valence-electron chi connectivity index (χ4n) is 0.565. The highest BCUT2D eigenvalue weighted by Crippen LogP contribution is 2.19. The van der Waals surface area contributed by atoms with Crippen LogP contribution in [0.4, 0.5) is 0 Å². The van der Waals surface area contributed by atoms with Crippen LogP contribution in [0.2, 0.25) is 0 Å². The van der Waals surface area contributed by atoms with Crippen LogP contribution in [-0.2, 0) is 0 Å². The topological polar surface area (TPSA) is 38.4 Å². The molecule has 0 fully saturated rings. The van der Waals surface area contributed by atoms with E-state index < -0.39 is 0 Å². The van der Waals surface area contributed by atoms with Crippen LogP contribution in [0.15, 0.2) is 4.99 Å². The first-order valence-electron chi connectivity index (χ1n) is 3.85. The minimum atomic E-state index is 0.0794. The molecule has 0 unspecified atom stereocenters. The van der Waals surface area contributed by atoms with Crippen molar-refractivity contribution in [1.29, 1.82) is 0 Å². The van der Waals surface area contributed by atoms with Crippen LogP contribution in [0.3, 0.4) is 0 Å². The molecule has 0 spiro atoms. The van der Waals surface area contributed by atoms with Gasteiger partial charge in [0.15, 0.2) is 0 Å². The zero-order valence-corrected chi connectivity index (χ0v) is 7.44. The van der Waals surface area contributed by atoms with Gasteiger partial charge in [-0.25, -0.2) is 0 Å². The first kappa shape index (κ1) is 9.47. The van der Waals surface area contributed by atoms with E-state index in [4.69, 9.17) is 5.73 Å². The molecule has 0 saturated carbocycles. The van der Waals surface area contributed by atoms with Crippen molar-refractivity contribution in [1.82, 2.24) is 0 Å². The van der Waals surface area contributed by atoms with Gasteiger partial charge in [-0.05, 0) is 13.3 Å². The highest BCUT2D eigenvalue weighted by atomic mass is 14.9. The molecular weight excluding hydrogens is 124 g/mol. The molecule has 0 radical (unpaired) electrons. The summed E-state index contributed by atoms with van der Waals surface area (Å²) in [5.41, 5.74) is 5.80. The molecule has 0 bridgehead atoms. The van der Waals surface area contributed by atoms with Gasteiger partial charge in [-0.3, -0.25) is 4.99 Å². The van der Waals surface area contributed by atoms with Crippen molar-refractivity contribution in [3.63, 3.8) is 0 Å². The summed E-state index contributed by atoms with van der Waals surface area (Å²) >= 11 is 0. The zero-order chi connectivity index (χ0) is 8.20.